The molecular weight excluding hydrogens is 312 g/mol. The van der Waals surface area contributed by atoms with E-state index in [1.165, 1.54) is 37.7 Å². The summed E-state index contributed by atoms with van der Waals surface area (Å²) in [6.45, 7) is 2.74. The predicted molar refractivity (Wildman–Crippen MR) is 99.5 cm³/mol. The molecule has 0 aliphatic heterocycles. The van der Waals surface area contributed by atoms with Crippen molar-refractivity contribution in [3.63, 3.8) is 0 Å². The van der Waals surface area contributed by atoms with E-state index in [0.717, 1.165) is 12.2 Å². The topological polar surface area (TPSA) is 35.5 Å². The van der Waals surface area contributed by atoms with Gasteiger partial charge in [0, 0.05) is 0 Å². The predicted octanol–water partition coefficient (Wildman–Crippen LogP) is 5.74. The molecule has 0 amide bonds. The first-order valence-corrected chi connectivity index (χ1v) is 9.31. The molecule has 0 saturated heterocycles. The molecule has 2 aromatic carbocycles. The van der Waals surface area contributed by atoms with Crippen molar-refractivity contribution >= 4 is 5.97 Å². The molecule has 1 saturated carbocycles. The second-order valence-electron chi connectivity index (χ2n) is 6.67. The van der Waals surface area contributed by atoms with Crippen LogP contribution < -0.4 is 9.47 Å². The van der Waals surface area contributed by atoms with Gasteiger partial charge in [-0.2, -0.15) is 0 Å². The monoisotopic (exact) mass is 338 g/mol. The summed E-state index contributed by atoms with van der Waals surface area (Å²) < 4.78 is 11.0. The molecule has 0 radical (unpaired) electrons. The van der Waals surface area contributed by atoms with Crippen molar-refractivity contribution in [2.75, 3.05) is 6.61 Å². The zero-order valence-corrected chi connectivity index (χ0v) is 14.9. The Morgan fingerprint density at radius 3 is 2.20 bits per heavy atom. The Balaban J connectivity index is 1.58. The Hall–Kier alpha value is -2.29. The number of hydrogen-bond donors (Lipinski definition) is 0. The van der Waals surface area contributed by atoms with Crippen LogP contribution >= 0.6 is 0 Å². The van der Waals surface area contributed by atoms with Crippen LogP contribution in [0.2, 0.25) is 0 Å². The van der Waals surface area contributed by atoms with Gasteiger partial charge >= 0.3 is 5.97 Å². The van der Waals surface area contributed by atoms with Crippen LogP contribution in [-0.4, -0.2) is 12.6 Å². The molecule has 0 spiro atoms. The summed E-state index contributed by atoms with van der Waals surface area (Å²) >= 11 is 0. The van der Waals surface area contributed by atoms with Crippen LogP contribution in [0.3, 0.4) is 0 Å². The van der Waals surface area contributed by atoms with E-state index in [9.17, 15) is 4.79 Å². The second-order valence-corrected chi connectivity index (χ2v) is 6.67. The molecule has 0 bridgehead atoms. The molecule has 0 heterocycles. The standard InChI is InChI=1S/C22H26O3/c1-2-16-24-20-12-10-19(11-13-20)22(23)25-21-14-8-18(9-15-21)17-6-4-3-5-7-17/h8-15,17H,2-7,16H2,1H3. The number of rotatable bonds is 6. The Bertz CT molecular complexity index is 667. The van der Waals surface area contributed by atoms with Crippen LogP contribution in [0, 0.1) is 0 Å². The largest absolute Gasteiger partial charge is 0.494 e. The quantitative estimate of drug-likeness (QED) is 0.497. The molecule has 0 N–H and O–H groups in total. The van der Waals surface area contributed by atoms with Crippen molar-refractivity contribution in [2.24, 2.45) is 0 Å². The Morgan fingerprint density at radius 1 is 0.920 bits per heavy atom. The van der Waals surface area contributed by atoms with Crippen molar-refractivity contribution in [3.8, 4) is 11.5 Å². The minimum Gasteiger partial charge on any atom is -0.494 e. The highest BCUT2D eigenvalue weighted by Gasteiger charge is 2.16. The molecule has 132 valence electrons. The third kappa shape index (κ3) is 4.85. The van der Waals surface area contributed by atoms with Crippen molar-refractivity contribution in [1.82, 2.24) is 0 Å². The lowest BCUT2D eigenvalue weighted by atomic mass is 9.84. The summed E-state index contributed by atoms with van der Waals surface area (Å²) in [6.07, 6.45) is 7.49. The maximum absolute atomic E-state index is 12.3. The van der Waals surface area contributed by atoms with E-state index in [1.54, 1.807) is 24.3 Å². The summed E-state index contributed by atoms with van der Waals surface area (Å²) in [4.78, 5) is 12.3. The third-order valence-corrected chi connectivity index (χ3v) is 4.73. The first kappa shape index (κ1) is 17.5. The van der Waals surface area contributed by atoms with E-state index < -0.39 is 0 Å². The van der Waals surface area contributed by atoms with Gasteiger partial charge in [-0.3, -0.25) is 0 Å². The first-order chi connectivity index (χ1) is 12.3. The van der Waals surface area contributed by atoms with Crippen LogP contribution in [0.25, 0.3) is 0 Å². The summed E-state index contributed by atoms with van der Waals surface area (Å²) in [5.41, 5.74) is 1.89. The van der Waals surface area contributed by atoms with E-state index in [4.69, 9.17) is 9.47 Å². The average Bonchev–Trinajstić information content (AvgIpc) is 2.68. The molecule has 25 heavy (non-hydrogen) atoms. The van der Waals surface area contributed by atoms with Crippen LogP contribution in [-0.2, 0) is 0 Å². The van der Waals surface area contributed by atoms with E-state index in [1.807, 2.05) is 12.1 Å². The van der Waals surface area contributed by atoms with Crippen LogP contribution in [0.4, 0.5) is 0 Å². The van der Waals surface area contributed by atoms with Gasteiger partial charge in [0.25, 0.3) is 0 Å². The molecule has 0 atom stereocenters. The van der Waals surface area contributed by atoms with Gasteiger partial charge in [-0.15, -0.1) is 0 Å². The minimum atomic E-state index is -0.340. The fourth-order valence-corrected chi connectivity index (χ4v) is 3.32. The summed E-state index contributed by atoms with van der Waals surface area (Å²) in [5, 5.41) is 0. The normalized spacial score (nSPS) is 14.9. The lowest BCUT2D eigenvalue weighted by Gasteiger charge is -2.22. The number of ether oxygens (including phenoxy) is 2. The fraction of sp³-hybridized carbons (Fsp3) is 0.409. The average molecular weight is 338 g/mol. The Kier molecular flexibility index (Phi) is 6.10. The SMILES string of the molecule is CCCOc1ccc(C(=O)Oc2ccc(C3CCCCC3)cc2)cc1. The summed E-state index contributed by atoms with van der Waals surface area (Å²) in [5.74, 6) is 1.69. The van der Waals surface area contributed by atoms with Gasteiger partial charge in [0.15, 0.2) is 0 Å². The van der Waals surface area contributed by atoms with Crippen LogP contribution in [0.15, 0.2) is 48.5 Å². The van der Waals surface area contributed by atoms with Gasteiger partial charge in [-0.05, 0) is 67.1 Å². The highest BCUT2D eigenvalue weighted by atomic mass is 16.5. The smallest absolute Gasteiger partial charge is 0.343 e. The number of hydrogen-bond acceptors (Lipinski definition) is 3. The molecule has 2 aromatic rings. The fourth-order valence-electron chi connectivity index (χ4n) is 3.32. The molecule has 0 aromatic heterocycles. The lowest BCUT2D eigenvalue weighted by molar-refractivity contribution is 0.0734. The highest BCUT2D eigenvalue weighted by Crippen LogP contribution is 2.33. The molecule has 0 unspecified atom stereocenters. The van der Waals surface area contributed by atoms with Crippen molar-refractivity contribution in [1.29, 1.82) is 0 Å². The molecule has 1 aliphatic carbocycles. The number of carbonyl (C=O) groups is 1. The van der Waals surface area contributed by atoms with Crippen molar-refractivity contribution in [2.45, 2.75) is 51.4 Å². The Labute approximate surface area is 150 Å². The van der Waals surface area contributed by atoms with Gasteiger partial charge in [-0.1, -0.05) is 38.3 Å². The van der Waals surface area contributed by atoms with Gasteiger partial charge in [0.1, 0.15) is 11.5 Å². The number of carbonyl (C=O) groups excluding carboxylic acids is 1. The maximum Gasteiger partial charge on any atom is 0.343 e. The van der Waals surface area contributed by atoms with Gasteiger partial charge in [0.2, 0.25) is 0 Å². The molecule has 3 nitrogen and oxygen atoms in total. The molecule has 1 aliphatic rings. The maximum atomic E-state index is 12.3. The Morgan fingerprint density at radius 2 is 1.56 bits per heavy atom. The third-order valence-electron chi connectivity index (χ3n) is 4.73. The summed E-state index contributed by atoms with van der Waals surface area (Å²) in [6, 6.07) is 15.1. The molecule has 3 heteroatoms. The highest BCUT2D eigenvalue weighted by molar-refractivity contribution is 5.91. The van der Waals surface area contributed by atoms with Crippen LogP contribution in [0.5, 0.6) is 11.5 Å². The van der Waals surface area contributed by atoms with E-state index in [2.05, 4.69) is 19.1 Å². The first-order valence-electron chi connectivity index (χ1n) is 9.31. The van der Waals surface area contributed by atoms with E-state index >= 15 is 0 Å². The molecule has 3 rings (SSSR count). The van der Waals surface area contributed by atoms with Gasteiger partial charge in [0.05, 0.1) is 12.2 Å². The van der Waals surface area contributed by atoms with E-state index in [0.29, 0.717) is 23.8 Å². The number of benzene rings is 2. The molecular formula is C22H26O3. The van der Waals surface area contributed by atoms with Gasteiger partial charge in [-0.25, -0.2) is 4.79 Å². The number of esters is 1. The second kappa shape index (κ2) is 8.70. The summed E-state index contributed by atoms with van der Waals surface area (Å²) in [7, 11) is 0. The van der Waals surface area contributed by atoms with Gasteiger partial charge < -0.3 is 9.47 Å². The molecule has 1 fully saturated rings. The minimum absolute atomic E-state index is 0.340. The lowest BCUT2D eigenvalue weighted by Crippen LogP contribution is -2.09. The van der Waals surface area contributed by atoms with Crippen molar-refractivity contribution < 1.29 is 14.3 Å². The zero-order valence-electron chi connectivity index (χ0n) is 14.9. The van der Waals surface area contributed by atoms with Crippen molar-refractivity contribution in [3.05, 3.63) is 59.7 Å². The van der Waals surface area contributed by atoms with Crippen LogP contribution in [0.1, 0.15) is 67.3 Å². The zero-order chi connectivity index (χ0) is 17.5. The van der Waals surface area contributed by atoms with E-state index in [-0.39, 0.29) is 5.97 Å².